The summed E-state index contributed by atoms with van der Waals surface area (Å²) in [6.07, 6.45) is 1.60. The first kappa shape index (κ1) is 30.4. The standard InChI is InChI=1S/C33H24Br2IN3O5/c1-3-42-29-14-19(13-25(36)31(29)43-18-20-11-12-21(34)15-24(20)35)17-37-39-32(38-26-8-5-4-7-22(26)33(39)40)30-16-23-27(41-2)9-6-10-28(23)44-30/h4-17H,3,18H2,1-2H3. The van der Waals surface area contributed by atoms with Gasteiger partial charge in [-0.05, 0) is 89.7 Å². The lowest BCUT2D eigenvalue weighted by atomic mass is 10.2. The zero-order valence-corrected chi connectivity index (χ0v) is 28.8. The minimum absolute atomic E-state index is 0.267. The van der Waals surface area contributed by atoms with Gasteiger partial charge in [-0.2, -0.15) is 9.78 Å². The fourth-order valence-electron chi connectivity index (χ4n) is 4.69. The molecule has 6 aromatic rings. The third-order valence-corrected chi connectivity index (χ3v) is 8.79. The summed E-state index contributed by atoms with van der Waals surface area (Å²) in [5.41, 5.74) is 2.54. The van der Waals surface area contributed by atoms with Crippen molar-refractivity contribution in [3.63, 3.8) is 0 Å². The first-order chi connectivity index (χ1) is 21.4. The molecule has 6 rings (SSSR count). The number of halogens is 3. The highest BCUT2D eigenvalue weighted by Crippen LogP contribution is 2.36. The van der Waals surface area contributed by atoms with Crippen LogP contribution in [0.15, 0.2) is 102 Å². The Hall–Kier alpha value is -3.68. The molecule has 4 aromatic carbocycles. The van der Waals surface area contributed by atoms with Crippen LogP contribution < -0.4 is 19.8 Å². The van der Waals surface area contributed by atoms with Gasteiger partial charge in [-0.15, -0.1) is 0 Å². The van der Waals surface area contributed by atoms with E-state index in [-0.39, 0.29) is 11.4 Å². The predicted octanol–water partition coefficient (Wildman–Crippen LogP) is 8.81. The number of nitrogens with zero attached hydrogens (tertiary/aromatic N) is 3. The SMILES string of the molecule is CCOc1cc(C=Nn2c(-c3cc4c(OC)cccc4o3)nc3ccccc3c2=O)cc(I)c1OCc1ccc(Br)cc1Br. The number of benzene rings is 4. The van der Waals surface area contributed by atoms with Crippen LogP contribution in [0.25, 0.3) is 33.5 Å². The summed E-state index contributed by atoms with van der Waals surface area (Å²) in [5.74, 6) is 2.51. The Morgan fingerprint density at radius 2 is 1.82 bits per heavy atom. The summed E-state index contributed by atoms with van der Waals surface area (Å²) in [4.78, 5) is 18.5. The van der Waals surface area contributed by atoms with Gasteiger partial charge >= 0.3 is 0 Å². The van der Waals surface area contributed by atoms with E-state index in [0.717, 1.165) is 23.5 Å². The lowest BCUT2D eigenvalue weighted by Gasteiger charge is -2.15. The van der Waals surface area contributed by atoms with Crippen molar-refractivity contribution in [3.8, 4) is 28.8 Å². The van der Waals surface area contributed by atoms with Crippen molar-refractivity contribution in [1.29, 1.82) is 0 Å². The second-order valence-electron chi connectivity index (χ2n) is 9.58. The highest BCUT2D eigenvalue weighted by atomic mass is 127. The van der Waals surface area contributed by atoms with Gasteiger partial charge in [-0.1, -0.05) is 56.1 Å². The zero-order valence-electron chi connectivity index (χ0n) is 23.5. The highest BCUT2D eigenvalue weighted by molar-refractivity contribution is 14.1. The van der Waals surface area contributed by atoms with E-state index in [1.54, 1.807) is 31.5 Å². The maximum atomic E-state index is 13.7. The smallest absolute Gasteiger partial charge is 0.282 e. The van der Waals surface area contributed by atoms with E-state index in [2.05, 4.69) is 59.6 Å². The number of furan rings is 1. The summed E-state index contributed by atoms with van der Waals surface area (Å²) in [5, 5.41) is 5.82. The first-order valence-corrected chi connectivity index (χ1v) is 16.2. The largest absolute Gasteiger partial charge is 0.496 e. The van der Waals surface area contributed by atoms with Crippen LogP contribution >= 0.6 is 54.5 Å². The number of ether oxygens (including phenoxy) is 3. The van der Waals surface area contributed by atoms with Gasteiger partial charge in [-0.25, -0.2) is 4.98 Å². The van der Waals surface area contributed by atoms with Gasteiger partial charge in [-0.3, -0.25) is 4.79 Å². The van der Waals surface area contributed by atoms with Crippen LogP contribution in [0.1, 0.15) is 18.1 Å². The summed E-state index contributed by atoms with van der Waals surface area (Å²) in [6.45, 7) is 2.71. The molecule has 44 heavy (non-hydrogen) atoms. The number of hydrogen-bond donors (Lipinski definition) is 0. The van der Waals surface area contributed by atoms with E-state index in [0.29, 0.717) is 58.3 Å². The van der Waals surface area contributed by atoms with Crippen molar-refractivity contribution in [3.05, 3.63) is 113 Å². The molecular weight excluding hydrogens is 805 g/mol. The molecule has 11 heteroatoms. The Morgan fingerprint density at radius 3 is 2.61 bits per heavy atom. The third kappa shape index (κ3) is 6.13. The average molecular weight is 829 g/mol. The van der Waals surface area contributed by atoms with E-state index in [1.807, 2.05) is 67.6 Å². The number of rotatable bonds is 9. The normalized spacial score (nSPS) is 11.5. The molecule has 0 spiro atoms. The molecule has 0 amide bonds. The van der Waals surface area contributed by atoms with Crippen molar-refractivity contribution in [1.82, 2.24) is 9.66 Å². The molecule has 0 aliphatic rings. The van der Waals surface area contributed by atoms with E-state index in [9.17, 15) is 4.79 Å². The van der Waals surface area contributed by atoms with Gasteiger partial charge < -0.3 is 18.6 Å². The van der Waals surface area contributed by atoms with E-state index < -0.39 is 0 Å². The van der Waals surface area contributed by atoms with Crippen molar-refractivity contribution in [2.45, 2.75) is 13.5 Å². The topological polar surface area (TPSA) is 88.1 Å². The minimum atomic E-state index is -0.325. The van der Waals surface area contributed by atoms with Crippen LogP contribution in [0.3, 0.4) is 0 Å². The Labute approximate surface area is 283 Å². The van der Waals surface area contributed by atoms with Gasteiger partial charge in [0.15, 0.2) is 17.3 Å². The monoisotopic (exact) mass is 827 g/mol. The molecule has 0 fully saturated rings. The molecule has 8 nitrogen and oxygen atoms in total. The Kier molecular flexibility index (Phi) is 9.06. The molecule has 222 valence electrons. The second kappa shape index (κ2) is 13.1. The van der Waals surface area contributed by atoms with Crippen molar-refractivity contribution < 1.29 is 18.6 Å². The molecule has 0 N–H and O–H groups in total. The molecule has 0 bridgehead atoms. The Balaban J connectivity index is 1.41. The summed E-state index contributed by atoms with van der Waals surface area (Å²) >= 11 is 9.30. The molecule has 0 aliphatic heterocycles. The molecule has 2 heterocycles. The van der Waals surface area contributed by atoms with Crippen molar-refractivity contribution in [2.75, 3.05) is 13.7 Å². The lowest BCUT2D eigenvalue weighted by Crippen LogP contribution is -2.20. The fraction of sp³-hybridized carbons (Fsp3) is 0.121. The zero-order chi connectivity index (χ0) is 30.8. The number of aromatic nitrogens is 2. The van der Waals surface area contributed by atoms with Crippen LogP contribution in [-0.2, 0) is 6.61 Å². The fourth-order valence-corrected chi connectivity index (χ4v) is 6.63. The maximum absolute atomic E-state index is 13.7. The Morgan fingerprint density at radius 1 is 0.977 bits per heavy atom. The first-order valence-electron chi connectivity index (χ1n) is 13.5. The number of methoxy groups -OCH3 is 1. The summed E-state index contributed by atoms with van der Waals surface area (Å²) < 4.78 is 27.8. The number of fused-ring (bicyclic) bond motifs is 2. The lowest BCUT2D eigenvalue weighted by molar-refractivity contribution is 0.267. The van der Waals surface area contributed by atoms with E-state index in [1.165, 1.54) is 4.68 Å². The van der Waals surface area contributed by atoms with Gasteiger partial charge in [0.25, 0.3) is 5.56 Å². The van der Waals surface area contributed by atoms with Gasteiger partial charge in [0.1, 0.15) is 17.9 Å². The summed E-state index contributed by atoms with van der Waals surface area (Å²) in [6, 6.07) is 24.2. The summed E-state index contributed by atoms with van der Waals surface area (Å²) in [7, 11) is 1.60. The molecule has 0 aliphatic carbocycles. The molecular formula is C33H24Br2IN3O5. The van der Waals surface area contributed by atoms with Crippen LogP contribution in [-0.4, -0.2) is 29.6 Å². The molecule has 0 radical (unpaired) electrons. The van der Waals surface area contributed by atoms with Crippen LogP contribution in [0.5, 0.6) is 17.2 Å². The minimum Gasteiger partial charge on any atom is -0.496 e. The predicted molar refractivity (Wildman–Crippen MR) is 187 cm³/mol. The van der Waals surface area contributed by atoms with Crippen LogP contribution in [0.4, 0.5) is 0 Å². The van der Waals surface area contributed by atoms with Gasteiger partial charge in [0, 0.05) is 14.5 Å². The number of para-hydroxylation sites is 1. The van der Waals surface area contributed by atoms with Gasteiger partial charge in [0.2, 0.25) is 5.82 Å². The van der Waals surface area contributed by atoms with E-state index in [4.69, 9.17) is 23.6 Å². The molecule has 0 atom stereocenters. The molecule has 2 aromatic heterocycles. The van der Waals surface area contributed by atoms with Gasteiger partial charge in [0.05, 0.1) is 39.8 Å². The van der Waals surface area contributed by atoms with Crippen molar-refractivity contribution >= 4 is 82.5 Å². The van der Waals surface area contributed by atoms with Crippen LogP contribution in [0, 0.1) is 3.57 Å². The quantitative estimate of drug-likeness (QED) is 0.107. The third-order valence-electron chi connectivity index (χ3n) is 6.76. The van der Waals surface area contributed by atoms with Crippen molar-refractivity contribution in [2.24, 2.45) is 5.10 Å². The highest BCUT2D eigenvalue weighted by Gasteiger charge is 2.18. The average Bonchev–Trinajstić information content (AvgIpc) is 3.46. The number of hydrogen-bond acceptors (Lipinski definition) is 7. The molecule has 0 unspecified atom stereocenters. The Bertz CT molecular complexity index is 2110. The molecule has 0 saturated heterocycles. The van der Waals surface area contributed by atoms with E-state index >= 15 is 0 Å². The van der Waals surface area contributed by atoms with Crippen LogP contribution in [0.2, 0.25) is 0 Å². The molecule has 0 saturated carbocycles. The maximum Gasteiger partial charge on any atom is 0.282 e. The second-order valence-corrected chi connectivity index (χ2v) is 12.5.